The van der Waals surface area contributed by atoms with E-state index in [0.29, 0.717) is 31.7 Å². The fourth-order valence-electron chi connectivity index (χ4n) is 7.00. The smallest absolute Gasteiger partial charge is 0.231 e. The van der Waals surface area contributed by atoms with Crippen LogP contribution in [0.1, 0.15) is 60.7 Å². The van der Waals surface area contributed by atoms with E-state index in [-0.39, 0.29) is 36.6 Å². The van der Waals surface area contributed by atoms with Gasteiger partial charge in [0.05, 0.1) is 18.4 Å². The molecule has 212 valence electrons. The lowest BCUT2D eigenvalue weighted by molar-refractivity contribution is -0.144. The first-order chi connectivity index (χ1) is 19.3. The van der Waals surface area contributed by atoms with Crippen LogP contribution >= 0.6 is 11.3 Å². The largest absolute Gasteiger partial charge is 0.454 e. The molecule has 0 radical (unpaired) electrons. The number of nitrogens with zero attached hydrogens (tertiary/aromatic N) is 1. The highest BCUT2D eigenvalue weighted by Gasteiger charge is 2.59. The lowest BCUT2D eigenvalue weighted by atomic mass is 9.47. The van der Waals surface area contributed by atoms with Crippen LogP contribution < -0.4 is 20.1 Å². The number of anilines is 1. The number of hydrogen-bond donors (Lipinski definition) is 4. The van der Waals surface area contributed by atoms with Crippen LogP contribution in [0.5, 0.6) is 11.5 Å². The van der Waals surface area contributed by atoms with E-state index >= 15 is 0 Å². The van der Waals surface area contributed by atoms with Gasteiger partial charge in [-0.15, -0.1) is 11.3 Å². The molecule has 1 amide bonds. The van der Waals surface area contributed by atoms with Gasteiger partial charge >= 0.3 is 0 Å². The number of aromatic nitrogens is 1. The average Bonchev–Trinajstić information content (AvgIpc) is 3.61. The van der Waals surface area contributed by atoms with Crippen LogP contribution in [0, 0.1) is 16.7 Å². The van der Waals surface area contributed by atoms with Gasteiger partial charge in [0, 0.05) is 35.7 Å². The van der Waals surface area contributed by atoms with Gasteiger partial charge in [-0.3, -0.25) is 4.79 Å². The summed E-state index contributed by atoms with van der Waals surface area (Å²) in [6.07, 6.45) is 1.82. The van der Waals surface area contributed by atoms with E-state index in [0.717, 1.165) is 39.9 Å². The van der Waals surface area contributed by atoms with Crippen LogP contribution in [0.4, 0.5) is 5.13 Å². The fourth-order valence-corrected chi connectivity index (χ4v) is 8.07. The van der Waals surface area contributed by atoms with Crippen molar-refractivity contribution in [2.75, 3.05) is 18.7 Å². The maximum atomic E-state index is 13.5. The molecule has 0 unspecified atom stereocenters. The van der Waals surface area contributed by atoms with Crippen molar-refractivity contribution in [1.29, 1.82) is 0 Å². The van der Waals surface area contributed by atoms with Crippen LogP contribution in [0.15, 0.2) is 48.5 Å². The quantitative estimate of drug-likeness (QED) is 0.317. The Hall–Kier alpha value is -3.14. The van der Waals surface area contributed by atoms with Gasteiger partial charge in [0.2, 0.25) is 12.7 Å². The molecule has 8 nitrogen and oxygen atoms in total. The van der Waals surface area contributed by atoms with E-state index in [2.05, 4.69) is 29.7 Å². The third-order valence-corrected chi connectivity index (χ3v) is 10.5. The first-order valence-corrected chi connectivity index (χ1v) is 14.8. The molecule has 2 heterocycles. The molecule has 1 saturated carbocycles. The van der Waals surface area contributed by atoms with Gasteiger partial charge in [0.1, 0.15) is 0 Å². The molecule has 2 aromatic carbocycles. The number of benzene rings is 2. The summed E-state index contributed by atoms with van der Waals surface area (Å²) in [7, 11) is 0. The number of aliphatic hydroxyl groups is 2. The molecule has 5 atom stereocenters. The second-order valence-electron chi connectivity index (χ2n) is 11.9. The van der Waals surface area contributed by atoms with E-state index in [9.17, 15) is 15.0 Å². The summed E-state index contributed by atoms with van der Waals surface area (Å²) in [6.45, 7) is 5.41. The Bertz CT molecular complexity index is 1380. The molecular formula is C31H37N3O5S. The molecule has 0 spiro atoms. The van der Waals surface area contributed by atoms with Crippen molar-refractivity contribution in [3.63, 3.8) is 0 Å². The van der Waals surface area contributed by atoms with E-state index in [4.69, 9.17) is 14.5 Å². The summed E-state index contributed by atoms with van der Waals surface area (Å²) in [5.74, 6) is 1.27. The Morgan fingerprint density at radius 1 is 1.10 bits per heavy atom. The van der Waals surface area contributed by atoms with Gasteiger partial charge < -0.3 is 30.3 Å². The number of aliphatic hydroxyl groups excluding tert-OH is 2. The summed E-state index contributed by atoms with van der Waals surface area (Å²) in [5.41, 5.74) is 2.17. The van der Waals surface area contributed by atoms with Gasteiger partial charge in [-0.2, -0.15) is 0 Å². The van der Waals surface area contributed by atoms with Crippen molar-refractivity contribution in [1.82, 2.24) is 10.3 Å². The number of fused-ring (bicyclic) bond motifs is 3. The zero-order valence-corrected chi connectivity index (χ0v) is 23.8. The van der Waals surface area contributed by atoms with Gasteiger partial charge in [-0.25, -0.2) is 4.98 Å². The van der Waals surface area contributed by atoms with E-state index < -0.39 is 11.5 Å². The summed E-state index contributed by atoms with van der Waals surface area (Å²) >= 11 is 1.63. The van der Waals surface area contributed by atoms with Crippen LogP contribution in [0.2, 0.25) is 0 Å². The minimum absolute atomic E-state index is 0.0235. The van der Waals surface area contributed by atoms with Crippen molar-refractivity contribution >= 4 is 22.4 Å². The Morgan fingerprint density at radius 2 is 1.90 bits per heavy atom. The Morgan fingerprint density at radius 3 is 2.70 bits per heavy atom. The molecule has 9 heteroatoms. The Labute approximate surface area is 238 Å². The number of rotatable bonds is 8. The average molecular weight is 564 g/mol. The number of amides is 1. The highest BCUT2D eigenvalue weighted by Crippen LogP contribution is 2.62. The predicted molar refractivity (Wildman–Crippen MR) is 153 cm³/mol. The standard InChI is InChI=1S/C31H37N3O5S/c1-30-11-10-26(36)31(2,17-35)25(30)14-24-28(34-29(40-24)33-15-19-6-4-3-5-7-19)21(30)13-27(37)32-16-20-8-9-22-23(12-20)39-18-38-22/h3-9,12,21,25-26,35-36H,10-11,13-18H2,1-2H3,(H,32,37)(H,33,34)/t21-,25+,26-,30+,31+/m1/s1. The van der Waals surface area contributed by atoms with Gasteiger partial charge in [-0.1, -0.05) is 50.2 Å². The SMILES string of the molecule is C[C@]1(CO)[C@H]2Cc3sc(NCc4ccccc4)nc3[C@@H](CC(=O)NCc3ccc4c(c3)OCO4)[C@]2(C)CC[C@H]1O. The minimum atomic E-state index is -0.645. The van der Waals surface area contributed by atoms with Crippen molar-refractivity contribution in [3.8, 4) is 11.5 Å². The first kappa shape index (κ1) is 27.1. The second kappa shape index (κ2) is 10.7. The molecule has 1 fully saturated rings. The number of nitrogens with one attached hydrogen (secondary N) is 2. The van der Waals surface area contributed by atoms with Crippen LogP contribution in [0.3, 0.4) is 0 Å². The molecule has 0 saturated heterocycles. The predicted octanol–water partition coefficient (Wildman–Crippen LogP) is 4.61. The maximum Gasteiger partial charge on any atom is 0.231 e. The maximum absolute atomic E-state index is 13.5. The van der Waals surface area contributed by atoms with Gasteiger partial charge in [-0.05, 0) is 53.9 Å². The molecule has 0 bridgehead atoms. The first-order valence-electron chi connectivity index (χ1n) is 14.0. The monoisotopic (exact) mass is 563 g/mol. The van der Waals surface area contributed by atoms with Crippen LogP contribution in [-0.4, -0.2) is 40.6 Å². The molecule has 2 aliphatic carbocycles. The fraction of sp³-hybridized carbons (Fsp3) is 0.484. The van der Waals surface area contributed by atoms with Gasteiger partial charge in [0.15, 0.2) is 16.6 Å². The number of hydrogen-bond acceptors (Lipinski definition) is 8. The molecular weight excluding hydrogens is 526 g/mol. The highest BCUT2D eigenvalue weighted by molar-refractivity contribution is 7.15. The van der Waals surface area contributed by atoms with Crippen molar-refractivity contribution in [2.24, 2.45) is 16.7 Å². The van der Waals surface area contributed by atoms with Crippen molar-refractivity contribution < 1.29 is 24.5 Å². The summed E-state index contributed by atoms with van der Waals surface area (Å²) in [4.78, 5) is 19.6. The minimum Gasteiger partial charge on any atom is -0.454 e. The zero-order valence-electron chi connectivity index (χ0n) is 23.0. The van der Waals surface area contributed by atoms with Crippen LogP contribution in [0.25, 0.3) is 0 Å². The molecule has 1 aromatic heterocycles. The third kappa shape index (κ3) is 4.84. The Kier molecular flexibility index (Phi) is 7.23. The lowest BCUT2D eigenvalue weighted by Crippen LogP contribution is -2.57. The zero-order chi connectivity index (χ0) is 27.9. The summed E-state index contributed by atoms with van der Waals surface area (Å²) in [5, 5.41) is 28.9. The number of ether oxygens (including phenoxy) is 2. The number of carbonyl (C=O) groups excluding carboxylic acids is 1. The van der Waals surface area contributed by atoms with Gasteiger partial charge in [0.25, 0.3) is 0 Å². The molecule has 3 aromatic rings. The molecule has 40 heavy (non-hydrogen) atoms. The third-order valence-electron chi connectivity index (χ3n) is 9.50. The summed E-state index contributed by atoms with van der Waals surface area (Å²) < 4.78 is 10.9. The lowest BCUT2D eigenvalue weighted by Gasteiger charge is -2.58. The van der Waals surface area contributed by atoms with Crippen molar-refractivity contribution in [2.45, 2.75) is 64.6 Å². The topological polar surface area (TPSA) is 113 Å². The summed E-state index contributed by atoms with van der Waals surface area (Å²) in [6, 6.07) is 15.9. The van der Waals surface area contributed by atoms with E-state index in [1.54, 1.807) is 11.3 Å². The Balaban J connectivity index is 1.25. The highest BCUT2D eigenvalue weighted by atomic mass is 32.1. The van der Waals surface area contributed by atoms with Crippen molar-refractivity contribution in [3.05, 3.63) is 70.2 Å². The molecule has 4 N–H and O–H groups in total. The number of thiazole rings is 1. The van der Waals surface area contributed by atoms with E-state index in [1.165, 1.54) is 5.56 Å². The van der Waals surface area contributed by atoms with E-state index in [1.807, 2.05) is 43.3 Å². The molecule has 3 aliphatic rings. The second-order valence-corrected chi connectivity index (χ2v) is 13.0. The normalized spacial score (nSPS) is 28.4. The number of carbonyl (C=O) groups is 1. The molecule has 1 aliphatic heterocycles. The van der Waals surface area contributed by atoms with Crippen LogP contribution in [-0.2, 0) is 24.3 Å². The molecule has 6 rings (SSSR count).